The van der Waals surface area contributed by atoms with Crippen molar-refractivity contribution in [3.8, 4) is 0 Å². The number of hydrazone groups is 1. The first-order chi connectivity index (χ1) is 11.1. The summed E-state index contributed by atoms with van der Waals surface area (Å²) in [5.41, 5.74) is 2.47. The van der Waals surface area contributed by atoms with E-state index in [2.05, 4.69) is 31.0 Å². The highest BCUT2D eigenvalue weighted by Gasteiger charge is 2.24. The van der Waals surface area contributed by atoms with Crippen molar-refractivity contribution in [2.75, 3.05) is 0 Å². The summed E-state index contributed by atoms with van der Waals surface area (Å²) < 4.78 is 5.00. The molecule has 1 aromatic heterocycles. The van der Waals surface area contributed by atoms with Crippen molar-refractivity contribution >= 4 is 29.6 Å². The van der Waals surface area contributed by atoms with Crippen LogP contribution < -0.4 is 10.7 Å². The minimum atomic E-state index is -0.675. The number of rotatable bonds is 4. The van der Waals surface area contributed by atoms with Crippen molar-refractivity contribution in [3.05, 3.63) is 23.9 Å². The highest BCUT2D eigenvalue weighted by atomic mass is 16.5. The molecular formula is C13H12N6O4. The van der Waals surface area contributed by atoms with Crippen LogP contribution in [0.4, 0.5) is 0 Å². The van der Waals surface area contributed by atoms with Gasteiger partial charge in [0.1, 0.15) is 11.6 Å². The lowest BCUT2D eigenvalue weighted by molar-refractivity contribution is -0.121. The van der Waals surface area contributed by atoms with E-state index >= 15 is 0 Å². The summed E-state index contributed by atoms with van der Waals surface area (Å²) in [6.45, 7) is -0.00725. The second-order valence-corrected chi connectivity index (χ2v) is 4.80. The Hall–Kier alpha value is -3.17. The van der Waals surface area contributed by atoms with Gasteiger partial charge in [0.05, 0.1) is 6.54 Å². The minimum Gasteiger partial charge on any atom is -0.342 e. The Kier molecular flexibility index (Phi) is 4.04. The largest absolute Gasteiger partial charge is 0.342 e. The zero-order valence-corrected chi connectivity index (χ0v) is 11.9. The quantitative estimate of drug-likeness (QED) is 0.745. The van der Waals surface area contributed by atoms with Gasteiger partial charge in [0.2, 0.25) is 11.8 Å². The predicted octanol–water partition coefficient (Wildman–Crippen LogP) is -0.797. The number of nitrogens with zero attached hydrogens (tertiary/aromatic N) is 4. The number of aromatic nitrogens is 2. The predicted molar refractivity (Wildman–Crippen MR) is 76.3 cm³/mol. The van der Waals surface area contributed by atoms with E-state index in [-0.39, 0.29) is 48.6 Å². The SMILES string of the molecule is O=C1CCC(C(=O)NCc2nc(C3C=CC=NC3=O)no2)=NN1. The van der Waals surface area contributed by atoms with E-state index in [1.54, 1.807) is 12.2 Å². The molecule has 0 saturated carbocycles. The summed E-state index contributed by atoms with van der Waals surface area (Å²) in [7, 11) is 0. The first kappa shape index (κ1) is 14.8. The third kappa shape index (κ3) is 3.36. The fourth-order valence-electron chi connectivity index (χ4n) is 2.00. The summed E-state index contributed by atoms with van der Waals surface area (Å²) in [4.78, 5) is 42.2. The van der Waals surface area contributed by atoms with Crippen LogP contribution in [0.1, 0.15) is 30.5 Å². The Morgan fingerprint density at radius 1 is 1.39 bits per heavy atom. The Morgan fingerprint density at radius 2 is 2.26 bits per heavy atom. The number of nitrogens with one attached hydrogen (secondary N) is 2. The lowest BCUT2D eigenvalue weighted by atomic mass is 10.1. The second kappa shape index (κ2) is 6.30. The van der Waals surface area contributed by atoms with E-state index in [4.69, 9.17) is 4.52 Å². The van der Waals surface area contributed by atoms with Gasteiger partial charge in [-0.05, 0) is 6.08 Å². The fourth-order valence-corrected chi connectivity index (χ4v) is 2.00. The first-order valence-corrected chi connectivity index (χ1v) is 6.84. The number of amides is 3. The molecule has 1 unspecified atom stereocenters. The van der Waals surface area contributed by atoms with Crippen LogP contribution in [0.3, 0.4) is 0 Å². The van der Waals surface area contributed by atoms with E-state index in [9.17, 15) is 14.4 Å². The van der Waals surface area contributed by atoms with Crippen LogP contribution >= 0.6 is 0 Å². The zero-order valence-electron chi connectivity index (χ0n) is 11.9. The Balaban J connectivity index is 1.58. The smallest absolute Gasteiger partial charge is 0.267 e. The van der Waals surface area contributed by atoms with Gasteiger partial charge in [-0.3, -0.25) is 14.4 Å². The summed E-state index contributed by atoms with van der Waals surface area (Å²) in [6.07, 6.45) is 5.12. The van der Waals surface area contributed by atoms with Crippen LogP contribution in [0.25, 0.3) is 0 Å². The number of carbonyl (C=O) groups excluding carboxylic acids is 3. The van der Waals surface area contributed by atoms with Crippen LogP contribution in [-0.4, -0.2) is 39.8 Å². The lowest BCUT2D eigenvalue weighted by Crippen LogP contribution is -2.36. The van der Waals surface area contributed by atoms with Crippen LogP contribution in [0.2, 0.25) is 0 Å². The van der Waals surface area contributed by atoms with E-state index in [1.807, 2.05) is 0 Å². The molecule has 0 bridgehead atoms. The maximum absolute atomic E-state index is 11.9. The number of carbonyl (C=O) groups is 3. The van der Waals surface area contributed by atoms with Gasteiger partial charge >= 0.3 is 0 Å². The lowest BCUT2D eigenvalue weighted by Gasteiger charge is -2.10. The number of aliphatic imine (C=N–C) groups is 1. The van der Waals surface area contributed by atoms with Gasteiger partial charge in [-0.25, -0.2) is 10.4 Å². The molecule has 3 heterocycles. The summed E-state index contributed by atoms with van der Waals surface area (Å²) in [5, 5.41) is 9.96. The normalized spacial score (nSPS) is 20.2. The van der Waals surface area contributed by atoms with Crippen molar-refractivity contribution in [1.29, 1.82) is 0 Å². The van der Waals surface area contributed by atoms with E-state index < -0.39 is 11.8 Å². The molecule has 0 aliphatic carbocycles. The molecule has 3 rings (SSSR count). The van der Waals surface area contributed by atoms with Crippen molar-refractivity contribution < 1.29 is 18.9 Å². The van der Waals surface area contributed by atoms with Gasteiger partial charge in [-0.1, -0.05) is 11.2 Å². The summed E-state index contributed by atoms with van der Waals surface area (Å²) >= 11 is 0. The zero-order chi connectivity index (χ0) is 16.2. The highest BCUT2D eigenvalue weighted by molar-refractivity contribution is 6.39. The van der Waals surface area contributed by atoms with Gasteiger partial charge in [0, 0.05) is 19.1 Å². The molecule has 1 atom stereocenters. The Bertz CT molecular complexity index is 747. The Labute approximate surface area is 129 Å². The molecule has 1 aromatic rings. The molecule has 0 spiro atoms. The number of allylic oxidation sites excluding steroid dienone is 1. The van der Waals surface area contributed by atoms with Crippen molar-refractivity contribution in [2.24, 2.45) is 10.1 Å². The number of hydrogen-bond acceptors (Lipinski definition) is 7. The molecule has 118 valence electrons. The van der Waals surface area contributed by atoms with Gasteiger partial charge in [0.15, 0.2) is 5.82 Å². The van der Waals surface area contributed by atoms with Gasteiger partial charge in [0.25, 0.3) is 11.8 Å². The van der Waals surface area contributed by atoms with Crippen molar-refractivity contribution in [3.63, 3.8) is 0 Å². The topological polar surface area (TPSA) is 139 Å². The van der Waals surface area contributed by atoms with E-state index in [0.717, 1.165) is 0 Å². The molecule has 2 N–H and O–H groups in total. The van der Waals surface area contributed by atoms with Gasteiger partial charge < -0.3 is 9.84 Å². The fraction of sp³-hybridized carbons (Fsp3) is 0.308. The molecule has 0 radical (unpaired) electrons. The average molecular weight is 316 g/mol. The third-order valence-electron chi connectivity index (χ3n) is 3.19. The Morgan fingerprint density at radius 3 is 3.00 bits per heavy atom. The molecule has 23 heavy (non-hydrogen) atoms. The summed E-state index contributed by atoms with van der Waals surface area (Å²) in [5.74, 6) is -1.36. The highest BCUT2D eigenvalue weighted by Crippen LogP contribution is 2.17. The molecule has 3 amide bonds. The molecule has 0 saturated heterocycles. The molecule has 0 aromatic carbocycles. The third-order valence-corrected chi connectivity index (χ3v) is 3.19. The number of dihydropyridines is 1. The molecule has 2 aliphatic rings. The van der Waals surface area contributed by atoms with Gasteiger partial charge in [-0.2, -0.15) is 10.1 Å². The molecular weight excluding hydrogens is 304 g/mol. The van der Waals surface area contributed by atoms with E-state index in [1.165, 1.54) is 6.21 Å². The van der Waals surface area contributed by atoms with Crippen LogP contribution in [0, 0.1) is 0 Å². The second-order valence-electron chi connectivity index (χ2n) is 4.80. The maximum Gasteiger partial charge on any atom is 0.267 e. The number of hydrogen-bond donors (Lipinski definition) is 2. The average Bonchev–Trinajstić information content (AvgIpc) is 3.02. The molecule has 10 nitrogen and oxygen atoms in total. The van der Waals surface area contributed by atoms with Crippen LogP contribution in [0.5, 0.6) is 0 Å². The van der Waals surface area contributed by atoms with Crippen LogP contribution in [-0.2, 0) is 20.9 Å². The van der Waals surface area contributed by atoms with E-state index in [0.29, 0.717) is 0 Å². The van der Waals surface area contributed by atoms with Gasteiger partial charge in [-0.15, -0.1) is 0 Å². The molecule has 10 heteroatoms. The molecule has 0 fully saturated rings. The monoisotopic (exact) mass is 316 g/mol. The summed E-state index contributed by atoms with van der Waals surface area (Å²) in [6, 6.07) is 0. The van der Waals surface area contributed by atoms with Crippen molar-refractivity contribution in [1.82, 2.24) is 20.9 Å². The minimum absolute atomic E-state index is 0.00725. The standard InChI is InChI=1S/C13H12N6O4/c20-9-4-3-8(17-18-9)13(22)15-6-10-16-11(19-23-10)7-2-1-5-14-12(7)21/h1-2,5,7H,3-4,6H2,(H,15,22)(H,18,20). The van der Waals surface area contributed by atoms with Crippen LogP contribution in [0.15, 0.2) is 26.8 Å². The maximum atomic E-state index is 11.9. The molecule has 2 aliphatic heterocycles. The first-order valence-electron chi connectivity index (χ1n) is 6.84. The van der Waals surface area contributed by atoms with Crippen molar-refractivity contribution in [2.45, 2.75) is 25.3 Å².